The van der Waals surface area contributed by atoms with Gasteiger partial charge in [-0.1, -0.05) is 34.6 Å². The molecule has 0 spiro atoms. The molecule has 1 aliphatic carbocycles. The van der Waals surface area contributed by atoms with E-state index in [2.05, 4.69) is 34.6 Å². The third-order valence-corrected chi connectivity index (χ3v) is 2.81. The zero-order valence-electron chi connectivity index (χ0n) is 8.70. The van der Waals surface area contributed by atoms with Crippen molar-refractivity contribution in [1.82, 2.24) is 0 Å². The van der Waals surface area contributed by atoms with Crippen molar-refractivity contribution in [3.05, 3.63) is 29.6 Å². The molecule has 0 bridgehead atoms. The van der Waals surface area contributed by atoms with Gasteiger partial charge in [0, 0.05) is 0 Å². The van der Waals surface area contributed by atoms with Crippen LogP contribution < -0.4 is 0 Å². The molecule has 0 aromatic carbocycles. The maximum absolute atomic E-state index is 4.86. The van der Waals surface area contributed by atoms with Gasteiger partial charge in [0.25, 0.3) is 0 Å². The van der Waals surface area contributed by atoms with Gasteiger partial charge >= 0.3 is 33.8 Å². The molecular formula is C10H15AsCl2+. The van der Waals surface area contributed by atoms with Crippen molar-refractivity contribution in [2.24, 2.45) is 0 Å². The summed E-state index contributed by atoms with van der Waals surface area (Å²) < 4.78 is 0. The van der Waals surface area contributed by atoms with E-state index < -0.39 is 0 Å². The van der Waals surface area contributed by atoms with Crippen LogP contribution >= 0.6 is 19.9 Å². The van der Waals surface area contributed by atoms with E-state index in [0.29, 0.717) is 0 Å². The van der Waals surface area contributed by atoms with Gasteiger partial charge in [0.05, 0.1) is 0 Å². The number of hydrogen-bond donors (Lipinski definition) is 0. The van der Waals surface area contributed by atoms with Gasteiger partial charge in [0.2, 0.25) is 0 Å². The Kier molecular flexibility index (Phi) is 7.17. The van der Waals surface area contributed by atoms with Crippen LogP contribution in [0.1, 0.15) is 34.6 Å². The molecule has 3 heteroatoms. The molecular weight excluding hydrogens is 266 g/mol. The minimum atomic E-state index is -0.368. The zero-order chi connectivity index (χ0) is 10.6. The van der Waals surface area contributed by atoms with Gasteiger partial charge in [0.1, 0.15) is 0 Å². The van der Waals surface area contributed by atoms with E-state index >= 15 is 0 Å². The van der Waals surface area contributed by atoms with Crippen LogP contribution in [0.4, 0.5) is 0 Å². The number of halogens is 2. The van der Waals surface area contributed by atoms with Gasteiger partial charge in [-0.2, -0.15) is 0 Å². The topological polar surface area (TPSA) is 0 Å². The van der Waals surface area contributed by atoms with Crippen molar-refractivity contribution < 1.29 is 0 Å². The Morgan fingerprint density at radius 1 is 0.615 bits per heavy atom. The quantitative estimate of drug-likeness (QED) is 0.589. The van der Waals surface area contributed by atoms with Gasteiger partial charge < -0.3 is 0 Å². The van der Waals surface area contributed by atoms with Crippen molar-refractivity contribution in [3.63, 3.8) is 0 Å². The molecule has 7 radical (unpaired) electrons. The molecule has 0 heterocycles. The van der Waals surface area contributed by atoms with Crippen molar-refractivity contribution in [2.45, 2.75) is 34.6 Å². The average molecular weight is 281 g/mol. The van der Waals surface area contributed by atoms with Gasteiger partial charge in [-0.25, -0.2) is 0 Å². The monoisotopic (exact) mass is 280 g/mol. The molecule has 1 aliphatic rings. The summed E-state index contributed by atoms with van der Waals surface area (Å²) in [4.78, 5) is 0. The van der Waals surface area contributed by atoms with E-state index in [1.165, 1.54) is 29.6 Å². The van der Waals surface area contributed by atoms with Crippen LogP contribution in [0, 0.1) is 29.6 Å². The Morgan fingerprint density at radius 2 is 0.692 bits per heavy atom. The Labute approximate surface area is 97.8 Å². The van der Waals surface area contributed by atoms with Crippen molar-refractivity contribution >= 4 is 33.8 Å². The summed E-state index contributed by atoms with van der Waals surface area (Å²) in [7, 11) is 9.72. The standard InChI is InChI=1S/C10H15.AsCl2/c1-6-7(2)9(4)10(5)8(6)3;2-1-3/h1-5H3;/q;+1. The molecule has 0 aromatic rings. The van der Waals surface area contributed by atoms with Crippen LogP contribution in [0.2, 0.25) is 0 Å². The van der Waals surface area contributed by atoms with E-state index in [1.54, 1.807) is 0 Å². The van der Waals surface area contributed by atoms with E-state index in [1.807, 2.05) is 0 Å². The summed E-state index contributed by atoms with van der Waals surface area (Å²) in [5.74, 6) is 7.34. The molecule has 0 amide bonds. The third kappa shape index (κ3) is 3.65. The van der Waals surface area contributed by atoms with E-state index in [4.69, 9.17) is 19.9 Å². The van der Waals surface area contributed by atoms with Crippen LogP contribution in [-0.4, -0.2) is 13.9 Å². The van der Waals surface area contributed by atoms with Crippen LogP contribution in [0.5, 0.6) is 0 Å². The first-order valence-electron chi connectivity index (χ1n) is 4.09. The van der Waals surface area contributed by atoms with E-state index in [-0.39, 0.29) is 13.9 Å². The first-order valence-corrected chi connectivity index (χ1v) is 9.02. The average Bonchev–Trinajstić information content (AvgIpc) is 2.25. The first kappa shape index (κ1) is 14.1. The van der Waals surface area contributed by atoms with Crippen LogP contribution in [0.3, 0.4) is 0 Å². The van der Waals surface area contributed by atoms with E-state index in [0.717, 1.165) is 0 Å². The summed E-state index contributed by atoms with van der Waals surface area (Å²) in [6, 6.07) is 0. The normalized spacial score (nSPS) is 23.3. The zero-order valence-corrected chi connectivity index (χ0v) is 12.1. The number of rotatable bonds is 0. The minimum absolute atomic E-state index is 0.368. The summed E-state index contributed by atoms with van der Waals surface area (Å²) in [5.41, 5.74) is 0. The fraction of sp³-hybridized carbons (Fsp3) is 0.500. The van der Waals surface area contributed by atoms with Crippen molar-refractivity contribution in [3.8, 4) is 0 Å². The molecule has 1 fully saturated rings. The van der Waals surface area contributed by atoms with Crippen LogP contribution in [0.15, 0.2) is 0 Å². The fourth-order valence-electron chi connectivity index (χ4n) is 1.41. The van der Waals surface area contributed by atoms with Gasteiger partial charge in [-0.15, -0.1) is 0 Å². The molecule has 73 valence electrons. The summed E-state index contributed by atoms with van der Waals surface area (Å²) in [6.07, 6.45) is 0. The Balaban J connectivity index is 0.000000424. The molecule has 1 saturated carbocycles. The van der Waals surface area contributed by atoms with Crippen LogP contribution in [0.25, 0.3) is 0 Å². The van der Waals surface area contributed by atoms with Crippen molar-refractivity contribution in [1.29, 1.82) is 0 Å². The molecule has 0 nitrogen and oxygen atoms in total. The second-order valence-corrected chi connectivity index (χ2v) is 6.11. The molecule has 0 saturated heterocycles. The van der Waals surface area contributed by atoms with Gasteiger partial charge in [-0.05, 0) is 29.6 Å². The van der Waals surface area contributed by atoms with E-state index in [9.17, 15) is 0 Å². The van der Waals surface area contributed by atoms with Gasteiger partial charge in [-0.3, -0.25) is 0 Å². The molecule has 0 unspecified atom stereocenters. The Morgan fingerprint density at radius 3 is 0.769 bits per heavy atom. The predicted octanol–water partition coefficient (Wildman–Crippen LogP) is 3.97. The first-order chi connectivity index (χ1) is 5.97. The Bertz CT molecular complexity index is 96.1. The second kappa shape index (κ2) is 6.59. The van der Waals surface area contributed by atoms with Crippen molar-refractivity contribution in [2.75, 3.05) is 0 Å². The molecule has 0 aromatic heterocycles. The molecule has 0 atom stereocenters. The SMILES string of the molecule is C[C]1[C](C)[C](C)[C](C)[C]1C.Cl[As+]Cl. The van der Waals surface area contributed by atoms with Gasteiger partial charge in [0.15, 0.2) is 0 Å². The maximum atomic E-state index is 4.86. The predicted molar refractivity (Wildman–Crippen MR) is 62.0 cm³/mol. The Hall–Kier alpha value is 1.14. The molecule has 1 rings (SSSR count). The third-order valence-electron chi connectivity index (χ3n) is 2.81. The summed E-state index contributed by atoms with van der Waals surface area (Å²) in [6.45, 7) is 11.0. The van der Waals surface area contributed by atoms with Crippen LogP contribution in [-0.2, 0) is 0 Å². The summed E-state index contributed by atoms with van der Waals surface area (Å²) >= 11 is -0.368. The number of hydrogen-bond acceptors (Lipinski definition) is 0. The molecule has 0 aliphatic heterocycles. The summed E-state index contributed by atoms with van der Waals surface area (Å²) in [5, 5.41) is 0. The molecule has 13 heavy (non-hydrogen) atoms. The molecule has 0 N–H and O–H groups in total. The fourth-order valence-corrected chi connectivity index (χ4v) is 1.41. The second-order valence-electron chi connectivity index (χ2n) is 3.19.